The maximum absolute atomic E-state index is 12.5. The number of benzene rings is 2. The number of urea groups is 1. The Bertz CT molecular complexity index is 761. The van der Waals surface area contributed by atoms with Crippen LogP contribution in [0.4, 0.5) is 16.2 Å². The van der Waals surface area contributed by atoms with Crippen LogP contribution in [0.3, 0.4) is 0 Å². The van der Waals surface area contributed by atoms with E-state index in [-0.39, 0.29) is 5.91 Å². The number of rotatable bonds is 3. The van der Waals surface area contributed by atoms with Crippen LogP contribution >= 0.6 is 11.6 Å². The van der Waals surface area contributed by atoms with Gasteiger partial charge in [0.15, 0.2) is 0 Å². The van der Waals surface area contributed by atoms with Gasteiger partial charge in [-0.15, -0.1) is 0 Å². The average Bonchev–Trinajstić information content (AvgIpc) is 2.89. The van der Waals surface area contributed by atoms with Crippen molar-refractivity contribution < 1.29 is 9.59 Å². The molecule has 1 aliphatic rings. The molecular formula is C18H18ClN3O2. The maximum atomic E-state index is 12.5. The predicted octanol–water partition coefficient (Wildman–Crippen LogP) is 3.58. The van der Waals surface area contributed by atoms with Crippen LogP contribution in [0.1, 0.15) is 12.0 Å². The Morgan fingerprint density at radius 3 is 2.67 bits per heavy atom. The van der Waals surface area contributed by atoms with E-state index in [0.717, 1.165) is 11.3 Å². The van der Waals surface area contributed by atoms with Crippen LogP contribution in [0, 0.1) is 6.92 Å². The molecule has 6 heteroatoms. The first-order valence-corrected chi connectivity index (χ1v) is 8.12. The van der Waals surface area contributed by atoms with Gasteiger partial charge < -0.3 is 15.5 Å². The lowest BCUT2D eigenvalue weighted by molar-refractivity contribution is -0.118. The molecule has 2 aromatic carbocycles. The van der Waals surface area contributed by atoms with Crippen molar-refractivity contribution in [1.82, 2.24) is 5.32 Å². The van der Waals surface area contributed by atoms with Crippen molar-refractivity contribution in [2.24, 2.45) is 0 Å². The number of halogens is 1. The number of hydrogen-bond donors (Lipinski definition) is 2. The molecule has 2 aromatic rings. The molecule has 0 aliphatic carbocycles. The van der Waals surface area contributed by atoms with Crippen molar-refractivity contribution in [2.45, 2.75) is 19.4 Å². The second-order valence-electron chi connectivity index (χ2n) is 5.78. The first-order chi connectivity index (χ1) is 11.5. The van der Waals surface area contributed by atoms with E-state index in [1.807, 2.05) is 31.2 Å². The first-order valence-electron chi connectivity index (χ1n) is 7.74. The molecule has 5 nitrogen and oxygen atoms in total. The molecule has 0 aromatic heterocycles. The third kappa shape index (κ3) is 3.68. The van der Waals surface area contributed by atoms with Crippen molar-refractivity contribution in [1.29, 1.82) is 0 Å². The molecule has 0 radical (unpaired) electrons. The van der Waals surface area contributed by atoms with Gasteiger partial charge in [-0.2, -0.15) is 0 Å². The van der Waals surface area contributed by atoms with Gasteiger partial charge in [0.1, 0.15) is 6.04 Å². The van der Waals surface area contributed by atoms with Crippen molar-refractivity contribution >= 4 is 34.9 Å². The summed E-state index contributed by atoms with van der Waals surface area (Å²) >= 11 is 5.89. The zero-order valence-corrected chi connectivity index (χ0v) is 14.0. The Balaban J connectivity index is 1.61. The van der Waals surface area contributed by atoms with Crippen molar-refractivity contribution in [3.63, 3.8) is 0 Å². The van der Waals surface area contributed by atoms with Gasteiger partial charge in [-0.1, -0.05) is 35.4 Å². The lowest BCUT2D eigenvalue weighted by Crippen LogP contribution is -2.43. The molecule has 3 amide bonds. The summed E-state index contributed by atoms with van der Waals surface area (Å²) in [7, 11) is 0. The van der Waals surface area contributed by atoms with Crippen molar-refractivity contribution in [3.05, 3.63) is 59.1 Å². The molecule has 0 bridgehead atoms. The first kappa shape index (κ1) is 16.3. The van der Waals surface area contributed by atoms with Gasteiger partial charge in [0.25, 0.3) is 0 Å². The highest BCUT2D eigenvalue weighted by Crippen LogP contribution is 2.22. The fraction of sp³-hybridized carbons (Fsp3) is 0.222. The molecule has 1 saturated heterocycles. The topological polar surface area (TPSA) is 61.4 Å². The smallest absolute Gasteiger partial charge is 0.319 e. The molecule has 1 heterocycles. The molecule has 0 saturated carbocycles. The molecule has 1 atom stereocenters. The molecule has 2 N–H and O–H groups in total. The van der Waals surface area contributed by atoms with Gasteiger partial charge >= 0.3 is 6.03 Å². The fourth-order valence-corrected chi connectivity index (χ4v) is 2.88. The van der Waals surface area contributed by atoms with Crippen LogP contribution in [0.15, 0.2) is 48.5 Å². The fourth-order valence-electron chi connectivity index (χ4n) is 2.69. The largest absolute Gasteiger partial charge is 0.326 e. The number of nitrogens with zero attached hydrogens (tertiary/aromatic N) is 1. The lowest BCUT2D eigenvalue weighted by Gasteiger charge is -2.17. The third-order valence-corrected chi connectivity index (χ3v) is 4.17. The molecule has 24 heavy (non-hydrogen) atoms. The summed E-state index contributed by atoms with van der Waals surface area (Å²) in [5.74, 6) is -0.0971. The normalized spacial score (nSPS) is 17.0. The standard InChI is InChI=1S/C18H18ClN3O2/c1-12-5-7-15(8-6-12)22-10-9-16(17(22)23)21-18(24)20-14-4-2-3-13(19)11-14/h2-8,11,16H,9-10H2,1H3,(H2,20,21,24)/t16-/m0/s1. The van der Waals surface area contributed by atoms with E-state index in [1.54, 1.807) is 29.2 Å². The van der Waals surface area contributed by atoms with Gasteiger partial charge in [-0.3, -0.25) is 4.79 Å². The molecule has 0 unspecified atom stereocenters. The number of amides is 3. The van der Waals surface area contributed by atoms with Crippen LogP contribution in [0.2, 0.25) is 5.02 Å². The number of carbonyl (C=O) groups excluding carboxylic acids is 2. The summed E-state index contributed by atoms with van der Waals surface area (Å²) in [5, 5.41) is 5.95. The van der Waals surface area contributed by atoms with E-state index in [1.165, 1.54) is 0 Å². The van der Waals surface area contributed by atoms with Gasteiger partial charge in [0.2, 0.25) is 5.91 Å². The van der Waals surface area contributed by atoms with Crippen LogP contribution in [-0.4, -0.2) is 24.5 Å². The third-order valence-electron chi connectivity index (χ3n) is 3.94. The second kappa shape index (κ2) is 6.93. The minimum atomic E-state index is -0.523. The van der Waals surface area contributed by atoms with Crippen LogP contribution < -0.4 is 15.5 Å². The lowest BCUT2D eigenvalue weighted by atomic mass is 10.2. The van der Waals surface area contributed by atoms with Crippen LogP contribution in [-0.2, 0) is 4.79 Å². The van der Waals surface area contributed by atoms with E-state index in [4.69, 9.17) is 11.6 Å². The number of aryl methyl sites for hydroxylation is 1. The number of anilines is 2. The monoisotopic (exact) mass is 343 g/mol. The van der Waals surface area contributed by atoms with Gasteiger partial charge in [0, 0.05) is 22.9 Å². The number of hydrogen-bond acceptors (Lipinski definition) is 2. The van der Waals surface area contributed by atoms with E-state index in [0.29, 0.717) is 23.7 Å². The number of nitrogens with one attached hydrogen (secondary N) is 2. The summed E-state index contributed by atoms with van der Waals surface area (Å²) in [4.78, 5) is 26.3. The highest BCUT2D eigenvalue weighted by molar-refractivity contribution is 6.30. The van der Waals surface area contributed by atoms with E-state index in [9.17, 15) is 9.59 Å². The average molecular weight is 344 g/mol. The van der Waals surface area contributed by atoms with E-state index in [2.05, 4.69) is 10.6 Å². The SMILES string of the molecule is Cc1ccc(N2CC[C@H](NC(=O)Nc3cccc(Cl)c3)C2=O)cc1. The summed E-state index contributed by atoms with van der Waals surface area (Å²) in [6, 6.07) is 13.7. The highest BCUT2D eigenvalue weighted by atomic mass is 35.5. The Hall–Kier alpha value is -2.53. The summed E-state index contributed by atoms with van der Waals surface area (Å²) in [5.41, 5.74) is 2.58. The van der Waals surface area contributed by atoms with Gasteiger partial charge in [0.05, 0.1) is 0 Å². The quantitative estimate of drug-likeness (QED) is 0.894. The van der Waals surface area contributed by atoms with Crippen LogP contribution in [0.25, 0.3) is 0 Å². The van der Waals surface area contributed by atoms with Gasteiger partial charge in [-0.25, -0.2) is 4.79 Å². The minimum Gasteiger partial charge on any atom is -0.326 e. The second-order valence-corrected chi connectivity index (χ2v) is 6.21. The Morgan fingerprint density at radius 1 is 1.21 bits per heavy atom. The molecular weight excluding hydrogens is 326 g/mol. The Kier molecular flexibility index (Phi) is 4.71. The van der Waals surface area contributed by atoms with Gasteiger partial charge in [-0.05, 0) is 43.7 Å². The van der Waals surface area contributed by atoms with E-state index >= 15 is 0 Å². The summed E-state index contributed by atoms with van der Waals surface area (Å²) in [6.45, 7) is 2.59. The highest BCUT2D eigenvalue weighted by Gasteiger charge is 2.33. The van der Waals surface area contributed by atoms with Crippen molar-refractivity contribution in [3.8, 4) is 0 Å². The zero-order valence-electron chi connectivity index (χ0n) is 13.3. The van der Waals surface area contributed by atoms with Crippen molar-refractivity contribution in [2.75, 3.05) is 16.8 Å². The Morgan fingerprint density at radius 2 is 1.96 bits per heavy atom. The molecule has 1 fully saturated rings. The summed E-state index contributed by atoms with van der Waals surface area (Å²) in [6.07, 6.45) is 0.579. The zero-order chi connectivity index (χ0) is 17.1. The number of carbonyl (C=O) groups is 2. The molecule has 1 aliphatic heterocycles. The molecule has 3 rings (SSSR count). The van der Waals surface area contributed by atoms with E-state index < -0.39 is 12.1 Å². The Labute approximate surface area is 145 Å². The maximum Gasteiger partial charge on any atom is 0.319 e. The van der Waals surface area contributed by atoms with Crippen LogP contribution in [0.5, 0.6) is 0 Å². The molecule has 124 valence electrons. The minimum absolute atomic E-state index is 0.0971. The summed E-state index contributed by atoms with van der Waals surface area (Å²) < 4.78 is 0. The molecule has 0 spiro atoms. The predicted molar refractivity (Wildman–Crippen MR) is 95.5 cm³/mol.